The predicted octanol–water partition coefficient (Wildman–Crippen LogP) is 1.32. The molecule has 0 saturated carbocycles. The maximum atomic E-state index is 11.5. The van der Waals surface area contributed by atoms with Crippen molar-refractivity contribution >= 4 is 18.4 Å². The summed E-state index contributed by atoms with van der Waals surface area (Å²) in [6.07, 6.45) is 4.27. The fourth-order valence-electron chi connectivity index (χ4n) is 2.99. The van der Waals surface area contributed by atoms with Gasteiger partial charge < -0.3 is 15.0 Å². The normalized spacial score (nSPS) is 16.0. The van der Waals surface area contributed by atoms with Crippen molar-refractivity contribution in [2.24, 2.45) is 0 Å². The summed E-state index contributed by atoms with van der Waals surface area (Å²) in [5.74, 6) is 0. The van der Waals surface area contributed by atoms with E-state index in [2.05, 4.69) is 11.4 Å². The van der Waals surface area contributed by atoms with Gasteiger partial charge in [0.1, 0.15) is 12.9 Å². The lowest BCUT2D eigenvalue weighted by atomic mass is 10.0. The number of hydroxylamine groups is 2. The molecule has 1 aliphatic rings. The fraction of sp³-hybridized carbons (Fsp3) is 0.529. The Labute approximate surface area is 137 Å². The monoisotopic (exact) mass is 319 g/mol. The first-order valence-corrected chi connectivity index (χ1v) is 8.06. The smallest absolute Gasteiger partial charge is 0.209 e. The van der Waals surface area contributed by atoms with Crippen molar-refractivity contribution in [3.8, 4) is 0 Å². The van der Waals surface area contributed by atoms with Crippen LogP contribution < -0.4 is 5.32 Å². The SMILES string of the molecule is CNc1ccccc1CCN(C=O)C1CCN(OCC=O)CC1. The number of nitrogens with zero attached hydrogens (tertiary/aromatic N) is 2. The highest BCUT2D eigenvalue weighted by atomic mass is 16.7. The number of benzene rings is 1. The molecule has 0 aromatic heterocycles. The molecule has 0 unspecified atom stereocenters. The molecule has 2 rings (SSSR count). The Morgan fingerprint density at radius 3 is 2.70 bits per heavy atom. The third-order valence-electron chi connectivity index (χ3n) is 4.28. The van der Waals surface area contributed by atoms with Gasteiger partial charge in [0, 0.05) is 38.4 Å². The molecule has 126 valence electrons. The summed E-state index contributed by atoms with van der Waals surface area (Å²) in [6.45, 7) is 2.30. The van der Waals surface area contributed by atoms with Gasteiger partial charge in [0.25, 0.3) is 0 Å². The van der Waals surface area contributed by atoms with Crippen LogP contribution in [0.5, 0.6) is 0 Å². The number of aldehydes is 1. The second-order valence-corrected chi connectivity index (χ2v) is 5.62. The second-order valence-electron chi connectivity index (χ2n) is 5.62. The van der Waals surface area contributed by atoms with Gasteiger partial charge in [-0.05, 0) is 30.9 Å². The second kappa shape index (κ2) is 9.27. The molecule has 0 bridgehead atoms. The minimum atomic E-state index is 0.100. The topological polar surface area (TPSA) is 61.9 Å². The molecule has 1 N–H and O–H groups in total. The molecule has 1 heterocycles. The third-order valence-corrected chi connectivity index (χ3v) is 4.28. The van der Waals surface area contributed by atoms with Crippen LogP contribution in [0.2, 0.25) is 0 Å². The lowest BCUT2D eigenvalue weighted by molar-refractivity contribution is -0.175. The number of carbonyl (C=O) groups excluding carboxylic acids is 2. The predicted molar refractivity (Wildman–Crippen MR) is 89.1 cm³/mol. The Morgan fingerprint density at radius 1 is 1.30 bits per heavy atom. The van der Waals surface area contributed by atoms with Crippen molar-refractivity contribution in [1.82, 2.24) is 9.96 Å². The zero-order valence-electron chi connectivity index (χ0n) is 13.6. The number of para-hydroxylation sites is 1. The van der Waals surface area contributed by atoms with Crippen LogP contribution in [0.15, 0.2) is 24.3 Å². The molecular formula is C17H25N3O3. The summed E-state index contributed by atoms with van der Waals surface area (Å²) >= 11 is 0. The number of nitrogens with one attached hydrogen (secondary N) is 1. The minimum Gasteiger partial charge on any atom is -0.388 e. The number of hydrogen-bond donors (Lipinski definition) is 1. The van der Waals surface area contributed by atoms with Gasteiger partial charge in [-0.2, -0.15) is 5.06 Å². The van der Waals surface area contributed by atoms with Gasteiger partial charge in [-0.15, -0.1) is 0 Å². The van der Waals surface area contributed by atoms with Crippen LogP contribution in [0.1, 0.15) is 18.4 Å². The highest BCUT2D eigenvalue weighted by Crippen LogP contribution is 2.19. The molecule has 0 radical (unpaired) electrons. The molecule has 0 spiro atoms. The number of hydrogen-bond acceptors (Lipinski definition) is 5. The molecule has 6 nitrogen and oxygen atoms in total. The van der Waals surface area contributed by atoms with E-state index < -0.39 is 0 Å². The summed E-state index contributed by atoms with van der Waals surface area (Å²) in [6, 6.07) is 8.39. The van der Waals surface area contributed by atoms with Crippen LogP contribution in [0, 0.1) is 0 Å². The first-order chi connectivity index (χ1) is 11.3. The molecule has 6 heteroatoms. The fourth-order valence-corrected chi connectivity index (χ4v) is 2.99. The maximum absolute atomic E-state index is 11.5. The highest BCUT2D eigenvalue weighted by molar-refractivity contribution is 5.52. The molecule has 0 atom stereocenters. The van der Waals surface area contributed by atoms with E-state index in [1.807, 2.05) is 35.2 Å². The number of anilines is 1. The molecule has 1 amide bonds. The quantitative estimate of drug-likeness (QED) is 0.696. The van der Waals surface area contributed by atoms with E-state index in [0.717, 1.165) is 50.7 Å². The zero-order chi connectivity index (χ0) is 16.5. The average Bonchev–Trinajstić information content (AvgIpc) is 2.61. The van der Waals surface area contributed by atoms with Crippen molar-refractivity contribution in [2.45, 2.75) is 25.3 Å². The Morgan fingerprint density at radius 2 is 2.04 bits per heavy atom. The number of piperidine rings is 1. The zero-order valence-corrected chi connectivity index (χ0v) is 13.6. The van der Waals surface area contributed by atoms with Crippen molar-refractivity contribution in [2.75, 3.05) is 38.6 Å². The van der Waals surface area contributed by atoms with Crippen molar-refractivity contribution in [3.05, 3.63) is 29.8 Å². The standard InChI is InChI=1S/C17H25N3O3/c1-18-17-5-3-2-4-15(17)6-9-19(14-22)16-7-10-20(11-8-16)23-13-12-21/h2-5,12,14,16,18H,6-11,13H2,1H3. The largest absolute Gasteiger partial charge is 0.388 e. The van der Waals surface area contributed by atoms with E-state index in [0.29, 0.717) is 6.54 Å². The molecular weight excluding hydrogens is 294 g/mol. The summed E-state index contributed by atoms with van der Waals surface area (Å²) < 4.78 is 0. The Kier molecular flexibility index (Phi) is 7.03. The van der Waals surface area contributed by atoms with Gasteiger partial charge in [0.05, 0.1) is 0 Å². The van der Waals surface area contributed by atoms with Gasteiger partial charge in [0.2, 0.25) is 6.41 Å². The number of amides is 1. The van der Waals surface area contributed by atoms with E-state index in [9.17, 15) is 9.59 Å². The summed E-state index contributed by atoms with van der Waals surface area (Å²) in [7, 11) is 1.91. The van der Waals surface area contributed by atoms with E-state index in [1.165, 1.54) is 5.56 Å². The van der Waals surface area contributed by atoms with Crippen LogP contribution in [0.4, 0.5) is 5.69 Å². The van der Waals surface area contributed by atoms with Crippen molar-refractivity contribution < 1.29 is 14.4 Å². The Hall–Kier alpha value is -1.92. The van der Waals surface area contributed by atoms with Crippen LogP contribution in [-0.4, -0.2) is 62.0 Å². The first-order valence-electron chi connectivity index (χ1n) is 8.06. The number of carbonyl (C=O) groups is 2. The molecule has 23 heavy (non-hydrogen) atoms. The number of rotatable bonds is 9. The molecule has 1 aromatic carbocycles. The van der Waals surface area contributed by atoms with Crippen LogP contribution in [-0.2, 0) is 20.8 Å². The molecule has 1 aromatic rings. The van der Waals surface area contributed by atoms with Gasteiger partial charge in [-0.25, -0.2) is 0 Å². The summed E-state index contributed by atoms with van der Waals surface area (Å²) in [4.78, 5) is 29.0. The lowest BCUT2D eigenvalue weighted by Crippen LogP contribution is -2.45. The summed E-state index contributed by atoms with van der Waals surface area (Å²) in [5, 5.41) is 4.99. The van der Waals surface area contributed by atoms with Gasteiger partial charge >= 0.3 is 0 Å². The maximum Gasteiger partial charge on any atom is 0.209 e. The van der Waals surface area contributed by atoms with Crippen molar-refractivity contribution in [3.63, 3.8) is 0 Å². The van der Waals surface area contributed by atoms with E-state index in [-0.39, 0.29) is 12.6 Å². The van der Waals surface area contributed by atoms with E-state index in [1.54, 1.807) is 0 Å². The van der Waals surface area contributed by atoms with Crippen LogP contribution in [0.25, 0.3) is 0 Å². The van der Waals surface area contributed by atoms with Crippen molar-refractivity contribution in [1.29, 1.82) is 0 Å². The first kappa shape index (κ1) is 17.4. The third kappa shape index (κ3) is 5.04. The van der Waals surface area contributed by atoms with E-state index >= 15 is 0 Å². The molecule has 0 aliphatic carbocycles. The van der Waals surface area contributed by atoms with Crippen LogP contribution in [0.3, 0.4) is 0 Å². The molecule has 1 saturated heterocycles. The molecule has 1 fully saturated rings. The molecule has 1 aliphatic heterocycles. The lowest BCUT2D eigenvalue weighted by Gasteiger charge is -2.36. The van der Waals surface area contributed by atoms with E-state index in [4.69, 9.17) is 4.84 Å². The van der Waals surface area contributed by atoms with Crippen LogP contribution >= 0.6 is 0 Å². The van der Waals surface area contributed by atoms with Gasteiger partial charge in [0.15, 0.2) is 0 Å². The Bertz CT molecular complexity index is 502. The van der Waals surface area contributed by atoms with Gasteiger partial charge in [-0.3, -0.25) is 9.63 Å². The highest BCUT2D eigenvalue weighted by Gasteiger charge is 2.24. The minimum absolute atomic E-state index is 0.100. The Balaban J connectivity index is 1.84. The summed E-state index contributed by atoms with van der Waals surface area (Å²) in [5.41, 5.74) is 2.32. The average molecular weight is 319 g/mol. The van der Waals surface area contributed by atoms with Gasteiger partial charge in [-0.1, -0.05) is 18.2 Å².